The van der Waals surface area contributed by atoms with Gasteiger partial charge in [-0.2, -0.15) is 0 Å². The molecule has 0 saturated carbocycles. The smallest absolute Gasteiger partial charge is 0.237 e. The minimum atomic E-state index is 0.953. The fourth-order valence-corrected chi connectivity index (χ4v) is 4.92. The van der Waals surface area contributed by atoms with E-state index in [4.69, 9.17) is 0 Å². The lowest BCUT2D eigenvalue weighted by Gasteiger charge is -2.02. The maximum atomic E-state index is 2.33. The second kappa shape index (κ2) is 15.1. The van der Waals surface area contributed by atoms with Crippen molar-refractivity contribution in [3.8, 4) is 0 Å². The predicted molar refractivity (Wildman–Crippen MR) is 147 cm³/mol. The van der Waals surface area contributed by atoms with E-state index in [2.05, 4.69) is 116 Å². The van der Waals surface area contributed by atoms with Crippen molar-refractivity contribution in [1.29, 1.82) is 0 Å². The van der Waals surface area contributed by atoms with E-state index in [1.54, 1.807) is 0 Å². The molecule has 4 aromatic rings. The van der Waals surface area contributed by atoms with Gasteiger partial charge in [-0.1, -0.05) is 99.2 Å². The number of aryl methyl sites for hydroxylation is 2. The molecule has 0 aliphatic heterocycles. The maximum absolute atomic E-state index is 2.33. The lowest BCUT2D eigenvalue weighted by molar-refractivity contribution is -0.688. The Labute approximate surface area is 217 Å². The predicted octanol–water partition coefficient (Wildman–Crippen LogP) is 6.56. The molecule has 0 radical (unpaired) electrons. The highest BCUT2D eigenvalue weighted by molar-refractivity contribution is 5.13. The Morgan fingerprint density at radius 3 is 1.19 bits per heavy atom. The largest absolute Gasteiger partial charge is 0.244 e. The molecule has 0 bridgehead atoms. The molecule has 0 fully saturated rings. The Balaban J connectivity index is 0.951. The van der Waals surface area contributed by atoms with E-state index in [0.29, 0.717) is 0 Å². The van der Waals surface area contributed by atoms with Crippen LogP contribution in [0.3, 0.4) is 0 Å². The summed E-state index contributed by atoms with van der Waals surface area (Å²) in [4.78, 5) is 0. The van der Waals surface area contributed by atoms with Gasteiger partial charge in [0, 0.05) is 0 Å². The normalized spacial score (nSPS) is 11.2. The number of hydrogen-bond acceptors (Lipinski definition) is 0. The molecule has 0 atom stereocenters. The highest BCUT2D eigenvalue weighted by Gasteiger charge is 2.06. The first-order valence-corrected chi connectivity index (χ1v) is 14.0. The lowest BCUT2D eigenvalue weighted by Crippen LogP contribution is -2.31. The molecular formula is C32H44N4+2. The van der Waals surface area contributed by atoms with Crippen LogP contribution in [0.1, 0.15) is 75.3 Å². The number of unbranched alkanes of at least 4 members (excludes halogenated alkanes) is 9. The van der Waals surface area contributed by atoms with Gasteiger partial charge < -0.3 is 0 Å². The molecule has 190 valence electrons. The number of hydrogen-bond donors (Lipinski definition) is 0. The Morgan fingerprint density at radius 1 is 0.444 bits per heavy atom. The molecule has 4 rings (SSSR count). The van der Waals surface area contributed by atoms with Crippen LogP contribution < -0.4 is 9.13 Å². The Morgan fingerprint density at radius 2 is 0.806 bits per heavy atom. The average Bonchev–Trinajstić information content (AvgIpc) is 3.55. The molecule has 0 spiro atoms. The first-order valence-electron chi connectivity index (χ1n) is 14.0. The van der Waals surface area contributed by atoms with Crippen molar-refractivity contribution in [1.82, 2.24) is 9.13 Å². The minimum Gasteiger partial charge on any atom is -0.237 e. The van der Waals surface area contributed by atoms with Crippen LogP contribution in [-0.2, 0) is 26.2 Å². The van der Waals surface area contributed by atoms with Gasteiger partial charge in [0.1, 0.15) is 37.9 Å². The summed E-state index contributed by atoms with van der Waals surface area (Å²) in [6.07, 6.45) is 26.9. The van der Waals surface area contributed by atoms with Crippen LogP contribution in [0, 0.1) is 0 Å². The summed E-state index contributed by atoms with van der Waals surface area (Å²) in [5, 5.41) is 0. The van der Waals surface area contributed by atoms with E-state index in [9.17, 15) is 0 Å². The summed E-state index contributed by atoms with van der Waals surface area (Å²) in [5.41, 5.74) is 2.71. The first kappa shape index (κ1) is 25.9. The third-order valence-electron chi connectivity index (χ3n) is 6.99. The molecule has 4 nitrogen and oxygen atoms in total. The molecule has 0 unspecified atom stereocenters. The number of benzene rings is 2. The summed E-state index contributed by atoms with van der Waals surface area (Å²) in [6.45, 7) is 4.18. The second-order valence-corrected chi connectivity index (χ2v) is 10.2. The molecule has 4 heteroatoms. The average molecular weight is 485 g/mol. The van der Waals surface area contributed by atoms with Gasteiger partial charge in [0.05, 0.1) is 13.1 Å². The van der Waals surface area contributed by atoms with E-state index in [0.717, 1.165) is 26.2 Å². The fraction of sp³-hybridized carbons (Fsp3) is 0.438. The summed E-state index contributed by atoms with van der Waals surface area (Å²) in [6, 6.07) is 21.4. The van der Waals surface area contributed by atoms with Crippen LogP contribution in [0.2, 0.25) is 0 Å². The number of aromatic nitrogens is 4. The van der Waals surface area contributed by atoms with E-state index in [1.165, 1.54) is 75.3 Å². The van der Waals surface area contributed by atoms with Gasteiger partial charge in [-0.15, -0.1) is 0 Å². The zero-order chi connectivity index (χ0) is 24.7. The van der Waals surface area contributed by atoms with E-state index in [1.807, 2.05) is 0 Å². The molecule has 0 amide bonds. The van der Waals surface area contributed by atoms with Crippen molar-refractivity contribution in [3.05, 3.63) is 109 Å². The van der Waals surface area contributed by atoms with Crippen LogP contribution in [0.15, 0.2) is 98.1 Å². The zero-order valence-electron chi connectivity index (χ0n) is 21.9. The highest BCUT2D eigenvalue weighted by atomic mass is 15.1. The Hall–Kier alpha value is -3.14. The van der Waals surface area contributed by atoms with Crippen molar-refractivity contribution in [2.45, 2.75) is 90.4 Å². The molecule has 0 aliphatic carbocycles. The SMILES string of the molecule is c1ccc(C[n+]2ccn(CCCCCCCCCCCCn3cc[n+](Cc4ccccc4)c3)c2)cc1. The Bertz CT molecular complexity index is 1010. The van der Waals surface area contributed by atoms with Crippen LogP contribution in [0.5, 0.6) is 0 Å². The van der Waals surface area contributed by atoms with Crippen molar-refractivity contribution in [3.63, 3.8) is 0 Å². The quantitative estimate of drug-likeness (QED) is 0.119. The van der Waals surface area contributed by atoms with Crippen molar-refractivity contribution in [2.24, 2.45) is 0 Å². The van der Waals surface area contributed by atoms with E-state index < -0.39 is 0 Å². The van der Waals surface area contributed by atoms with Gasteiger partial charge in [-0.3, -0.25) is 0 Å². The van der Waals surface area contributed by atoms with Crippen molar-refractivity contribution >= 4 is 0 Å². The fourth-order valence-electron chi connectivity index (χ4n) is 4.92. The summed E-state index contributed by atoms with van der Waals surface area (Å²) < 4.78 is 9.21. The van der Waals surface area contributed by atoms with Crippen molar-refractivity contribution < 1.29 is 9.13 Å². The first-order chi connectivity index (χ1) is 17.8. The van der Waals surface area contributed by atoms with Gasteiger partial charge in [0.25, 0.3) is 0 Å². The summed E-state index contributed by atoms with van der Waals surface area (Å²) >= 11 is 0. The topological polar surface area (TPSA) is 17.6 Å². The van der Waals surface area contributed by atoms with Gasteiger partial charge >= 0.3 is 0 Å². The second-order valence-electron chi connectivity index (χ2n) is 10.2. The van der Waals surface area contributed by atoms with Gasteiger partial charge in [0.15, 0.2) is 0 Å². The van der Waals surface area contributed by atoms with Gasteiger partial charge in [-0.05, 0) is 36.8 Å². The van der Waals surface area contributed by atoms with Crippen LogP contribution >= 0.6 is 0 Å². The molecule has 2 aromatic carbocycles. The summed E-state index contributed by atoms with van der Waals surface area (Å²) in [7, 11) is 0. The summed E-state index contributed by atoms with van der Waals surface area (Å²) in [5.74, 6) is 0. The maximum Gasteiger partial charge on any atom is 0.244 e. The lowest BCUT2D eigenvalue weighted by atomic mass is 10.1. The van der Waals surface area contributed by atoms with Gasteiger partial charge in [0.2, 0.25) is 12.7 Å². The third-order valence-corrected chi connectivity index (χ3v) is 6.99. The van der Waals surface area contributed by atoms with Crippen LogP contribution in [0.4, 0.5) is 0 Å². The molecule has 0 saturated heterocycles. The number of imidazole rings is 2. The molecule has 0 aliphatic rings. The molecule has 2 aromatic heterocycles. The minimum absolute atomic E-state index is 0.953. The zero-order valence-corrected chi connectivity index (χ0v) is 21.9. The Kier molecular flexibility index (Phi) is 10.9. The van der Waals surface area contributed by atoms with Crippen LogP contribution in [-0.4, -0.2) is 9.13 Å². The van der Waals surface area contributed by atoms with Crippen LogP contribution in [0.25, 0.3) is 0 Å². The number of nitrogens with zero attached hydrogens (tertiary/aromatic N) is 4. The standard InChI is InChI=1S/C32H44N4/c1(3-5-7-15-21-33-23-25-35(29-33)27-31-17-11-9-12-18-31)2-4-6-8-16-22-34-24-26-36(30-34)28-32-19-13-10-14-20-32/h9-14,17-20,23-26,29-30H,1-8,15-16,21-22,27-28H2/q+2. The van der Waals surface area contributed by atoms with E-state index >= 15 is 0 Å². The number of rotatable bonds is 17. The monoisotopic (exact) mass is 484 g/mol. The van der Waals surface area contributed by atoms with E-state index in [-0.39, 0.29) is 0 Å². The van der Waals surface area contributed by atoms with Gasteiger partial charge in [-0.25, -0.2) is 18.3 Å². The molecule has 2 heterocycles. The molecular weight excluding hydrogens is 440 g/mol. The third kappa shape index (κ3) is 9.49. The van der Waals surface area contributed by atoms with Crippen molar-refractivity contribution in [2.75, 3.05) is 0 Å². The molecule has 36 heavy (non-hydrogen) atoms. The highest BCUT2D eigenvalue weighted by Crippen LogP contribution is 2.11. The molecule has 0 N–H and O–H groups in total.